The lowest BCUT2D eigenvalue weighted by Crippen LogP contribution is -2.40. The second-order valence-electron chi connectivity index (χ2n) is 5.25. The molecule has 0 saturated heterocycles. The number of carbonyl (C=O) groups excluding carboxylic acids is 1. The second kappa shape index (κ2) is 7.55. The zero-order valence-corrected chi connectivity index (χ0v) is 13.8. The van der Waals surface area contributed by atoms with Crippen LogP contribution in [0, 0.1) is 5.82 Å². The summed E-state index contributed by atoms with van der Waals surface area (Å²) in [5.41, 5.74) is 0.194. The highest BCUT2D eigenvalue weighted by Crippen LogP contribution is 2.06. The van der Waals surface area contributed by atoms with Crippen molar-refractivity contribution in [1.29, 1.82) is 0 Å². The lowest BCUT2D eigenvalue weighted by Gasteiger charge is -2.18. The van der Waals surface area contributed by atoms with Crippen LogP contribution in [0.4, 0.5) is 9.18 Å². The molecule has 3 aromatic rings. The first-order valence-corrected chi connectivity index (χ1v) is 7.75. The Labute approximate surface area is 147 Å². The van der Waals surface area contributed by atoms with Crippen LogP contribution in [0.3, 0.4) is 0 Å². The third kappa shape index (κ3) is 3.74. The number of carbonyl (C=O) groups is 1. The van der Waals surface area contributed by atoms with E-state index in [0.717, 1.165) is 16.3 Å². The molecule has 0 bridgehead atoms. The molecule has 0 aliphatic rings. The van der Waals surface area contributed by atoms with Gasteiger partial charge in [-0.3, -0.25) is 9.82 Å². The van der Waals surface area contributed by atoms with Gasteiger partial charge in [-0.05, 0) is 58.1 Å². The van der Waals surface area contributed by atoms with Gasteiger partial charge in [0.2, 0.25) is 0 Å². The lowest BCUT2D eigenvalue weighted by molar-refractivity contribution is 0.0717. The molecule has 0 aliphatic carbocycles. The Morgan fingerprint density at radius 3 is 2.69 bits per heavy atom. The first-order chi connectivity index (χ1) is 12.6. The number of benzene rings is 1. The molecule has 9 nitrogen and oxygen atoms in total. The number of nitrogens with zero attached hydrogens (tertiary/aromatic N) is 6. The summed E-state index contributed by atoms with van der Waals surface area (Å²) in [5, 5.41) is 7.10. The number of halogens is 1. The third-order valence-electron chi connectivity index (χ3n) is 3.54. The molecule has 26 heavy (non-hydrogen) atoms. The SMILES string of the molecule is CCN(Cc1ccncc1)C(=O)On1nnn(-c2cccc(F)c2)c1=O. The standard InChI is InChI=1S/C16H15FN6O3/c1-2-21(11-12-6-8-18-9-7-12)16(25)26-23-15(24)22(19-20-23)14-5-3-4-13(17)10-14/h3-10H,2,11H2,1H3. The van der Waals surface area contributed by atoms with Crippen LogP contribution in [-0.2, 0) is 6.54 Å². The van der Waals surface area contributed by atoms with E-state index in [2.05, 4.69) is 15.4 Å². The summed E-state index contributed by atoms with van der Waals surface area (Å²) in [4.78, 5) is 35.3. The van der Waals surface area contributed by atoms with Gasteiger partial charge in [0, 0.05) is 25.5 Å². The summed E-state index contributed by atoms with van der Waals surface area (Å²) in [7, 11) is 0. The molecule has 2 aromatic heterocycles. The van der Waals surface area contributed by atoms with Crippen molar-refractivity contribution in [2.45, 2.75) is 13.5 Å². The number of hydrogen-bond acceptors (Lipinski definition) is 6. The molecular formula is C16H15FN6O3. The topological polar surface area (TPSA) is 95.1 Å². The van der Waals surface area contributed by atoms with E-state index in [1.54, 1.807) is 31.5 Å². The predicted molar refractivity (Wildman–Crippen MR) is 87.9 cm³/mol. The fourth-order valence-corrected chi connectivity index (χ4v) is 2.21. The van der Waals surface area contributed by atoms with Crippen molar-refractivity contribution in [1.82, 2.24) is 29.8 Å². The molecule has 134 valence electrons. The van der Waals surface area contributed by atoms with Gasteiger partial charge in [0.25, 0.3) is 0 Å². The molecule has 0 radical (unpaired) electrons. The number of rotatable bonds is 5. The zero-order chi connectivity index (χ0) is 18.5. The molecule has 10 heteroatoms. The number of pyridine rings is 1. The zero-order valence-electron chi connectivity index (χ0n) is 13.8. The lowest BCUT2D eigenvalue weighted by atomic mass is 10.2. The molecule has 0 unspecified atom stereocenters. The summed E-state index contributed by atoms with van der Waals surface area (Å²) in [6.07, 6.45) is 2.46. The van der Waals surface area contributed by atoms with Crippen LogP contribution in [0.15, 0.2) is 53.6 Å². The van der Waals surface area contributed by atoms with Crippen molar-refractivity contribution in [2.75, 3.05) is 6.54 Å². The molecule has 0 atom stereocenters. The minimum Gasteiger partial charge on any atom is -0.302 e. The molecule has 0 fully saturated rings. The molecule has 0 N–H and O–H groups in total. The maximum atomic E-state index is 13.3. The monoisotopic (exact) mass is 358 g/mol. The van der Waals surface area contributed by atoms with Gasteiger partial charge in [0.15, 0.2) is 0 Å². The first kappa shape index (κ1) is 17.3. The molecular weight excluding hydrogens is 343 g/mol. The average Bonchev–Trinajstić information content (AvgIpc) is 3.01. The van der Waals surface area contributed by atoms with Crippen LogP contribution in [0.1, 0.15) is 12.5 Å². The van der Waals surface area contributed by atoms with E-state index < -0.39 is 17.6 Å². The highest BCUT2D eigenvalue weighted by Gasteiger charge is 2.19. The summed E-state index contributed by atoms with van der Waals surface area (Å²) < 4.78 is 14.1. The Hall–Kier alpha value is -3.56. The van der Waals surface area contributed by atoms with Crippen molar-refractivity contribution >= 4 is 6.09 Å². The van der Waals surface area contributed by atoms with Crippen molar-refractivity contribution in [3.63, 3.8) is 0 Å². The van der Waals surface area contributed by atoms with Gasteiger partial charge in [0.05, 0.1) is 5.69 Å². The predicted octanol–water partition coefficient (Wildman–Crippen LogP) is 1.03. The van der Waals surface area contributed by atoms with Gasteiger partial charge in [-0.1, -0.05) is 6.07 Å². The van der Waals surface area contributed by atoms with Crippen LogP contribution in [0.25, 0.3) is 5.69 Å². The summed E-state index contributed by atoms with van der Waals surface area (Å²) in [6, 6.07) is 8.79. The molecule has 0 spiro atoms. The van der Waals surface area contributed by atoms with E-state index >= 15 is 0 Å². The second-order valence-corrected chi connectivity index (χ2v) is 5.25. The van der Waals surface area contributed by atoms with E-state index in [-0.39, 0.29) is 12.2 Å². The van der Waals surface area contributed by atoms with Gasteiger partial charge >= 0.3 is 11.8 Å². The fraction of sp³-hybridized carbons (Fsp3) is 0.188. The van der Waals surface area contributed by atoms with E-state index in [1.807, 2.05) is 0 Å². The summed E-state index contributed by atoms with van der Waals surface area (Å²) in [6.45, 7) is 2.41. The van der Waals surface area contributed by atoms with Crippen LogP contribution < -0.4 is 10.5 Å². The normalized spacial score (nSPS) is 10.5. The largest absolute Gasteiger partial charge is 0.436 e. The van der Waals surface area contributed by atoms with Gasteiger partial charge in [-0.15, -0.1) is 0 Å². The number of tetrazole rings is 1. The van der Waals surface area contributed by atoms with Crippen LogP contribution in [-0.4, -0.2) is 42.5 Å². The van der Waals surface area contributed by atoms with Gasteiger partial charge in [-0.2, -0.15) is 4.68 Å². The van der Waals surface area contributed by atoms with Gasteiger partial charge in [0.1, 0.15) is 5.82 Å². The number of aromatic nitrogens is 5. The number of hydrogen-bond donors (Lipinski definition) is 0. The maximum Gasteiger partial charge on any atom is 0.436 e. The van der Waals surface area contributed by atoms with E-state index in [0.29, 0.717) is 11.4 Å². The van der Waals surface area contributed by atoms with E-state index in [4.69, 9.17) is 4.84 Å². The van der Waals surface area contributed by atoms with Crippen LogP contribution in [0.5, 0.6) is 0 Å². The minimum atomic E-state index is -0.830. The quantitative estimate of drug-likeness (QED) is 0.632. The van der Waals surface area contributed by atoms with Gasteiger partial charge in [-0.25, -0.2) is 14.0 Å². The van der Waals surface area contributed by atoms with Crippen LogP contribution in [0.2, 0.25) is 0 Å². The Kier molecular flexibility index (Phi) is 5.02. The van der Waals surface area contributed by atoms with Crippen LogP contribution >= 0.6 is 0 Å². The van der Waals surface area contributed by atoms with Crippen molar-refractivity contribution in [3.05, 3.63) is 70.7 Å². The Balaban J connectivity index is 1.76. The summed E-state index contributed by atoms with van der Waals surface area (Å²) in [5.74, 6) is -0.532. The van der Waals surface area contributed by atoms with Crippen molar-refractivity contribution in [2.24, 2.45) is 0 Å². The van der Waals surface area contributed by atoms with Crippen molar-refractivity contribution in [3.8, 4) is 5.69 Å². The molecule has 0 saturated carbocycles. The molecule has 1 amide bonds. The smallest absolute Gasteiger partial charge is 0.302 e. The Morgan fingerprint density at radius 1 is 1.23 bits per heavy atom. The number of amides is 1. The fourth-order valence-electron chi connectivity index (χ4n) is 2.21. The van der Waals surface area contributed by atoms with E-state index in [9.17, 15) is 14.0 Å². The molecule has 0 aliphatic heterocycles. The first-order valence-electron chi connectivity index (χ1n) is 7.75. The third-order valence-corrected chi connectivity index (χ3v) is 3.54. The Bertz CT molecular complexity index is 956. The van der Waals surface area contributed by atoms with E-state index in [1.165, 1.54) is 23.1 Å². The highest BCUT2D eigenvalue weighted by atomic mass is 19.1. The molecule has 1 aromatic carbocycles. The summed E-state index contributed by atoms with van der Waals surface area (Å²) >= 11 is 0. The highest BCUT2D eigenvalue weighted by molar-refractivity contribution is 5.67. The maximum absolute atomic E-state index is 13.3. The van der Waals surface area contributed by atoms with Gasteiger partial charge < -0.3 is 4.90 Å². The molecule has 3 rings (SSSR count). The minimum absolute atomic E-state index is 0.168. The Morgan fingerprint density at radius 2 is 2.00 bits per heavy atom. The molecule has 2 heterocycles. The van der Waals surface area contributed by atoms with Crippen molar-refractivity contribution < 1.29 is 14.0 Å². The average molecular weight is 358 g/mol.